The van der Waals surface area contributed by atoms with E-state index in [1.54, 1.807) is 24.4 Å². The average molecular weight is 335 g/mol. The van der Waals surface area contributed by atoms with Crippen LogP contribution >= 0.6 is 0 Å². The van der Waals surface area contributed by atoms with Crippen molar-refractivity contribution in [2.45, 2.75) is 29.5 Å². The third-order valence-corrected chi connectivity index (χ3v) is 6.26. The number of hydrogen-bond acceptors (Lipinski definition) is 5. The van der Waals surface area contributed by atoms with Crippen LogP contribution in [0, 0.1) is 0 Å². The quantitative estimate of drug-likeness (QED) is 0.873. The fraction of sp³-hybridized carbons (Fsp3) is 0.438. The third kappa shape index (κ3) is 3.92. The second-order valence-electron chi connectivity index (χ2n) is 5.58. The monoisotopic (exact) mass is 335 g/mol. The van der Waals surface area contributed by atoms with E-state index in [0.29, 0.717) is 37.5 Å². The molecule has 1 aromatic heterocycles. The minimum absolute atomic E-state index is 0.337. The van der Waals surface area contributed by atoms with E-state index in [9.17, 15) is 8.42 Å². The summed E-state index contributed by atoms with van der Waals surface area (Å²) in [6.45, 7) is 2.45. The summed E-state index contributed by atoms with van der Waals surface area (Å²) in [5.41, 5.74) is 0.810. The molecule has 2 heterocycles. The maximum atomic E-state index is 12.7. The first-order chi connectivity index (χ1) is 11.2. The van der Waals surface area contributed by atoms with Crippen LogP contribution in [0.4, 0.5) is 5.69 Å². The van der Waals surface area contributed by atoms with Crippen LogP contribution in [-0.4, -0.2) is 43.2 Å². The van der Waals surface area contributed by atoms with Crippen molar-refractivity contribution >= 4 is 15.5 Å². The third-order valence-electron chi connectivity index (χ3n) is 4.00. The van der Waals surface area contributed by atoms with E-state index in [-0.39, 0.29) is 5.25 Å². The molecule has 1 fully saturated rings. The fourth-order valence-corrected chi connectivity index (χ4v) is 4.47. The normalized spacial score (nSPS) is 16.3. The van der Waals surface area contributed by atoms with Gasteiger partial charge < -0.3 is 10.1 Å². The maximum Gasteiger partial charge on any atom is 0.181 e. The van der Waals surface area contributed by atoms with Crippen molar-refractivity contribution in [1.29, 1.82) is 0 Å². The SMILES string of the molecule is O=S(=O)(c1cccc(NCCn2cccn2)c1)C1CCOCC1. The minimum atomic E-state index is -3.29. The molecule has 1 saturated heterocycles. The van der Waals surface area contributed by atoms with Gasteiger partial charge in [-0.15, -0.1) is 0 Å². The van der Waals surface area contributed by atoms with Gasteiger partial charge in [-0.25, -0.2) is 8.42 Å². The average Bonchev–Trinajstić information content (AvgIpc) is 3.09. The Labute approximate surface area is 136 Å². The molecule has 0 aliphatic carbocycles. The lowest BCUT2D eigenvalue weighted by Crippen LogP contribution is -2.29. The van der Waals surface area contributed by atoms with Gasteiger partial charge in [0.15, 0.2) is 9.84 Å². The summed E-state index contributed by atoms with van der Waals surface area (Å²) in [5, 5.41) is 7.05. The lowest BCUT2D eigenvalue weighted by Gasteiger charge is -2.22. The van der Waals surface area contributed by atoms with Gasteiger partial charge in [0.05, 0.1) is 16.7 Å². The lowest BCUT2D eigenvalue weighted by atomic mass is 10.2. The highest BCUT2D eigenvalue weighted by atomic mass is 32.2. The molecule has 1 N–H and O–H groups in total. The molecule has 0 saturated carbocycles. The Morgan fingerprint density at radius 2 is 2.09 bits per heavy atom. The van der Waals surface area contributed by atoms with Crippen molar-refractivity contribution in [3.8, 4) is 0 Å². The summed E-state index contributed by atoms with van der Waals surface area (Å²) in [7, 11) is -3.29. The van der Waals surface area contributed by atoms with E-state index in [4.69, 9.17) is 4.74 Å². The number of benzene rings is 1. The molecule has 0 amide bonds. The summed E-state index contributed by atoms with van der Waals surface area (Å²) >= 11 is 0. The highest BCUT2D eigenvalue weighted by Gasteiger charge is 2.29. The van der Waals surface area contributed by atoms with Crippen LogP contribution < -0.4 is 5.32 Å². The largest absolute Gasteiger partial charge is 0.383 e. The van der Waals surface area contributed by atoms with Crippen LogP contribution in [0.2, 0.25) is 0 Å². The molecular weight excluding hydrogens is 314 g/mol. The van der Waals surface area contributed by atoms with E-state index in [1.807, 2.05) is 23.0 Å². The molecule has 124 valence electrons. The highest BCUT2D eigenvalue weighted by Crippen LogP contribution is 2.25. The number of ether oxygens (including phenoxy) is 1. The topological polar surface area (TPSA) is 73.2 Å². The first-order valence-electron chi connectivity index (χ1n) is 7.79. The zero-order chi connectivity index (χ0) is 16.1. The van der Waals surface area contributed by atoms with Gasteiger partial charge in [-0.2, -0.15) is 5.10 Å². The van der Waals surface area contributed by atoms with E-state index in [2.05, 4.69) is 10.4 Å². The molecule has 0 spiro atoms. The first kappa shape index (κ1) is 16.0. The number of sulfone groups is 1. The molecule has 3 rings (SSSR count). The molecule has 2 aromatic rings. The van der Waals surface area contributed by atoms with Crippen molar-refractivity contribution in [3.63, 3.8) is 0 Å². The van der Waals surface area contributed by atoms with E-state index in [0.717, 1.165) is 12.2 Å². The van der Waals surface area contributed by atoms with E-state index in [1.165, 1.54) is 0 Å². The number of aromatic nitrogens is 2. The standard InChI is InChI=1S/C16H21N3O3S/c20-23(21,15-5-11-22-12-6-15)16-4-1-3-14(13-16)17-8-10-19-9-2-7-18-19/h1-4,7,9,13,15,17H,5-6,8,10-12H2. The molecule has 0 unspecified atom stereocenters. The number of hydrogen-bond donors (Lipinski definition) is 1. The number of nitrogens with one attached hydrogen (secondary N) is 1. The summed E-state index contributed by atoms with van der Waals surface area (Å²) in [5.74, 6) is 0. The molecule has 0 radical (unpaired) electrons. The van der Waals surface area contributed by atoms with Gasteiger partial charge in [0.25, 0.3) is 0 Å². The van der Waals surface area contributed by atoms with Crippen molar-refractivity contribution in [2.75, 3.05) is 25.1 Å². The van der Waals surface area contributed by atoms with Crippen molar-refractivity contribution in [2.24, 2.45) is 0 Å². The number of nitrogens with zero attached hydrogens (tertiary/aromatic N) is 2. The predicted octanol–water partition coefficient (Wildman–Crippen LogP) is 1.95. The van der Waals surface area contributed by atoms with E-state index < -0.39 is 9.84 Å². The van der Waals surface area contributed by atoms with Gasteiger partial charge >= 0.3 is 0 Å². The summed E-state index contributed by atoms with van der Waals surface area (Å²) in [4.78, 5) is 0.383. The van der Waals surface area contributed by atoms with Gasteiger partial charge in [0, 0.05) is 37.8 Å². The Morgan fingerprint density at radius 3 is 2.83 bits per heavy atom. The highest BCUT2D eigenvalue weighted by molar-refractivity contribution is 7.92. The Kier molecular flexibility index (Phi) is 4.97. The van der Waals surface area contributed by atoms with Gasteiger partial charge in [-0.1, -0.05) is 6.07 Å². The maximum absolute atomic E-state index is 12.7. The Bertz CT molecular complexity index is 723. The zero-order valence-electron chi connectivity index (χ0n) is 12.9. The molecular formula is C16H21N3O3S. The lowest BCUT2D eigenvalue weighted by molar-refractivity contribution is 0.0983. The van der Waals surface area contributed by atoms with Crippen LogP contribution in [-0.2, 0) is 21.1 Å². The van der Waals surface area contributed by atoms with Gasteiger partial charge in [-0.3, -0.25) is 4.68 Å². The summed E-state index contributed by atoms with van der Waals surface area (Å²) in [6.07, 6.45) is 4.77. The van der Waals surface area contributed by atoms with Gasteiger partial charge in [-0.05, 0) is 37.1 Å². The number of anilines is 1. The molecule has 0 bridgehead atoms. The van der Waals surface area contributed by atoms with Gasteiger partial charge in [0.2, 0.25) is 0 Å². The van der Waals surface area contributed by atoms with Crippen LogP contribution in [0.5, 0.6) is 0 Å². The molecule has 1 aromatic carbocycles. The molecule has 7 heteroatoms. The Morgan fingerprint density at radius 1 is 1.26 bits per heavy atom. The summed E-state index contributed by atoms with van der Waals surface area (Å²) < 4.78 is 32.5. The molecule has 6 nitrogen and oxygen atoms in total. The first-order valence-corrected chi connectivity index (χ1v) is 9.34. The Balaban J connectivity index is 1.66. The molecule has 0 atom stereocenters. The van der Waals surface area contributed by atoms with Gasteiger partial charge in [0.1, 0.15) is 0 Å². The number of rotatable bonds is 6. The second kappa shape index (κ2) is 7.14. The van der Waals surface area contributed by atoms with E-state index >= 15 is 0 Å². The summed E-state index contributed by atoms with van der Waals surface area (Å²) in [6, 6.07) is 8.92. The Hall–Kier alpha value is -1.86. The smallest absolute Gasteiger partial charge is 0.181 e. The van der Waals surface area contributed by atoms with Crippen LogP contribution in [0.3, 0.4) is 0 Å². The van der Waals surface area contributed by atoms with Crippen LogP contribution in [0.1, 0.15) is 12.8 Å². The van der Waals surface area contributed by atoms with Crippen molar-refractivity contribution in [1.82, 2.24) is 9.78 Å². The van der Waals surface area contributed by atoms with Crippen molar-refractivity contribution < 1.29 is 13.2 Å². The molecule has 23 heavy (non-hydrogen) atoms. The minimum Gasteiger partial charge on any atom is -0.383 e. The van der Waals surface area contributed by atoms with Crippen LogP contribution in [0.25, 0.3) is 0 Å². The van der Waals surface area contributed by atoms with Crippen molar-refractivity contribution in [3.05, 3.63) is 42.7 Å². The van der Waals surface area contributed by atoms with Crippen LogP contribution in [0.15, 0.2) is 47.6 Å². The fourth-order valence-electron chi connectivity index (χ4n) is 2.71. The molecule has 1 aliphatic heterocycles. The second-order valence-corrected chi connectivity index (χ2v) is 7.81. The predicted molar refractivity (Wildman–Crippen MR) is 88.2 cm³/mol. The molecule has 1 aliphatic rings. The zero-order valence-corrected chi connectivity index (χ0v) is 13.7.